The Kier molecular flexibility index (Phi) is 5.75. The highest BCUT2D eigenvalue weighted by Crippen LogP contribution is 2.28. The third kappa shape index (κ3) is 4.18. The van der Waals surface area contributed by atoms with Crippen LogP contribution >= 0.6 is 0 Å². The summed E-state index contributed by atoms with van der Waals surface area (Å²) in [5, 5.41) is 7.47. The van der Waals surface area contributed by atoms with E-state index in [9.17, 15) is 17.6 Å². The van der Waals surface area contributed by atoms with Crippen LogP contribution in [0.1, 0.15) is 12.8 Å². The van der Waals surface area contributed by atoms with Crippen LogP contribution in [-0.4, -0.2) is 73.1 Å². The number of carbonyl (C=O) groups is 1. The minimum Gasteiger partial charge on any atom is -0.368 e. The summed E-state index contributed by atoms with van der Waals surface area (Å²) >= 11 is 0. The Morgan fingerprint density at radius 3 is 2.52 bits per heavy atom. The zero-order valence-electron chi connectivity index (χ0n) is 17.9. The third-order valence-electron chi connectivity index (χ3n) is 6.38. The number of amides is 1. The number of rotatable bonds is 4. The van der Waals surface area contributed by atoms with E-state index < -0.39 is 10.0 Å². The molecule has 1 unspecified atom stereocenters. The van der Waals surface area contributed by atoms with Crippen molar-refractivity contribution >= 4 is 32.7 Å². The number of piperidine rings is 1. The summed E-state index contributed by atoms with van der Waals surface area (Å²) in [5.41, 5.74) is 1.50. The first-order chi connectivity index (χ1) is 15.9. The second-order valence-electron chi connectivity index (χ2n) is 8.38. The average molecular weight is 474 g/mol. The van der Waals surface area contributed by atoms with Crippen LogP contribution in [0.2, 0.25) is 0 Å². The van der Waals surface area contributed by atoms with Gasteiger partial charge in [0, 0.05) is 45.0 Å². The van der Waals surface area contributed by atoms with E-state index in [-0.39, 0.29) is 34.6 Å². The number of piperazine rings is 1. The summed E-state index contributed by atoms with van der Waals surface area (Å²) in [4.78, 5) is 17.2. The van der Waals surface area contributed by atoms with Gasteiger partial charge in [-0.3, -0.25) is 4.79 Å². The van der Waals surface area contributed by atoms with Crippen molar-refractivity contribution in [2.75, 3.05) is 44.2 Å². The van der Waals surface area contributed by atoms with Crippen LogP contribution in [0.5, 0.6) is 0 Å². The molecular weight excluding hydrogens is 449 g/mol. The van der Waals surface area contributed by atoms with Gasteiger partial charge in [0.15, 0.2) is 5.52 Å². The van der Waals surface area contributed by atoms with Crippen LogP contribution in [0.3, 0.4) is 0 Å². The molecule has 9 nitrogen and oxygen atoms in total. The van der Waals surface area contributed by atoms with Crippen molar-refractivity contribution in [1.82, 2.24) is 19.5 Å². The highest BCUT2D eigenvalue weighted by atomic mass is 32.2. The lowest BCUT2D eigenvalue weighted by molar-refractivity contribution is -0.137. The van der Waals surface area contributed by atoms with E-state index in [0.717, 1.165) is 5.69 Å². The Balaban J connectivity index is 1.26. The van der Waals surface area contributed by atoms with Gasteiger partial charge in [-0.25, -0.2) is 17.4 Å². The molecule has 1 atom stereocenters. The van der Waals surface area contributed by atoms with Crippen LogP contribution in [0, 0.1) is 11.7 Å². The van der Waals surface area contributed by atoms with E-state index in [1.165, 1.54) is 22.5 Å². The van der Waals surface area contributed by atoms with E-state index in [4.69, 9.17) is 4.63 Å². The van der Waals surface area contributed by atoms with E-state index in [1.54, 1.807) is 24.3 Å². The fourth-order valence-corrected chi connectivity index (χ4v) is 6.25. The Bertz CT molecular complexity index is 1260. The van der Waals surface area contributed by atoms with Gasteiger partial charge in [0.25, 0.3) is 0 Å². The van der Waals surface area contributed by atoms with Gasteiger partial charge in [0.1, 0.15) is 16.2 Å². The van der Waals surface area contributed by atoms with Crippen LogP contribution < -0.4 is 4.90 Å². The predicted molar refractivity (Wildman–Crippen MR) is 118 cm³/mol. The molecule has 0 N–H and O–H groups in total. The van der Waals surface area contributed by atoms with Gasteiger partial charge in [-0.2, -0.15) is 4.31 Å². The standard InChI is InChI=1S/C22H24FN5O4S/c23-17-6-8-18(9-7-17)26-11-13-27(14-12-26)22(29)16-3-2-10-28(15-16)33(30,31)20-5-1-4-19-21(20)25-32-24-19/h1,4-9,16H,2-3,10-15H2. The second-order valence-corrected chi connectivity index (χ2v) is 10.3. The number of halogens is 1. The molecule has 3 aromatic rings. The van der Waals surface area contributed by atoms with Crippen molar-refractivity contribution in [2.45, 2.75) is 17.7 Å². The molecule has 2 fully saturated rings. The topological polar surface area (TPSA) is 99.8 Å². The maximum absolute atomic E-state index is 13.3. The molecule has 0 aliphatic carbocycles. The number of nitrogens with zero attached hydrogens (tertiary/aromatic N) is 5. The molecule has 0 saturated carbocycles. The van der Waals surface area contributed by atoms with Crippen LogP contribution in [-0.2, 0) is 14.8 Å². The van der Waals surface area contributed by atoms with E-state index >= 15 is 0 Å². The molecule has 1 aromatic heterocycles. The molecule has 33 heavy (non-hydrogen) atoms. The van der Waals surface area contributed by atoms with Gasteiger partial charge in [-0.05, 0) is 59.6 Å². The smallest absolute Gasteiger partial charge is 0.245 e. The van der Waals surface area contributed by atoms with Crippen molar-refractivity contribution in [2.24, 2.45) is 5.92 Å². The number of hydrogen-bond donors (Lipinski definition) is 0. The zero-order valence-corrected chi connectivity index (χ0v) is 18.7. The molecule has 2 aromatic carbocycles. The first-order valence-electron chi connectivity index (χ1n) is 10.9. The van der Waals surface area contributed by atoms with Crippen molar-refractivity contribution in [3.63, 3.8) is 0 Å². The molecule has 5 rings (SSSR count). The van der Waals surface area contributed by atoms with Gasteiger partial charge in [-0.1, -0.05) is 6.07 Å². The molecule has 1 amide bonds. The summed E-state index contributed by atoms with van der Waals surface area (Å²) in [5.74, 6) is -0.684. The van der Waals surface area contributed by atoms with Crippen molar-refractivity contribution in [1.29, 1.82) is 0 Å². The van der Waals surface area contributed by atoms with E-state index in [0.29, 0.717) is 51.1 Å². The van der Waals surface area contributed by atoms with Gasteiger partial charge in [-0.15, -0.1) is 0 Å². The SMILES string of the molecule is O=C(C1CCCN(S(=O)(=O)c2cccc3nonc23)C1)N1CCN(c2ccc(F)cc2)CC1. The summed E-state index contributed by atoms with van der Waals surface area (Å²) in [7, 11) is -3.84. The van der Waals surface area contributed by atoms with Crippen LogP contribution in [0.15, 0.2) is 52.0 Å². The van der Waals surface area contributed by atoms with Crippen molar-refractivity contribution in [3.05, 3.63) is 48.3 Å². The molecule has 11 heteroatoms. The number of anilines is 1. The maximum Gasteiger partial charge on any atom is 0.245 e. The largest absolute Gasteiger partial charge is 0.368 e. The monoisotopic (exact) mass is 473 g/mol. The Morgan fingerprint density at radius 1 is 1.00 bits per heavy atom. The predicted octanol–water partition coefficient (Wildman–Crippen LogP) is 2.11. The molecule has 0 radical (unpaired) electrons. The third-order valence-corrected chi connectivity index (χ3v) is 8.28. The maximum atomic E-state index is 13.3. The van der Waals surface area contributed by atoms with Gasteiger partial charge >= 0.3 is 0 Å². The first-order valence-corrected chi connectivity index (χ1v) is 12.4. The highest BCUT2D eigenvalue weighted by molar-refractivity contribution is 7.89. The molecular formula is C22H24FN5O4S. The Labute approximate surface area is 190 Å². The second kappa shape index (κ2) is 8.71. The summed E-state index contributed by atoms with van der Waals surface area (Å²) < 4.78 is 45.9. The molecule has 2 aliphatic heterocycles. The van der Waals surface area contributed by atoms with E-state index in [2.05, 4.69) is 15.2 Å². The number of fused-ring (bicyclic) bond motifs is 1. The van der Waals surface area contributed by atoms with Gasteiger partial charge < -0.3 is 9.80 Å². The fourth-order valence-electron chi connectivity index (χ4n) is 4.59. The molecule has 0 bridgehead atoms. The number of aromatic nitrogens is 2. The minimum absolute atomic E-state index is 0.0185. The lowest BCUT2D eigenvalue weighted by Gasteiger charge is -2.39. The molecule has 2 saturated heterocycles. The molecule has 0 spiro atoms. The lowest BCUT2D eigenvalue weighted by Crippen LogP contribution is -2.53. The first kappa shape index (κ1) is 21.8. The number of benzene rings is 2. The van der Waals surface area contributed by atoms with Crippen molar-refractivity contribution in [3.8, 4) is 0 Å². The van der Waals surface area contributed by atoms with Gasteiger partial charge in [0.2, 0.25) is 15.9 Å². The Hall–Kier alpha value is -3.05. The number of carbonyl (C=O) groups excluding carboxylic acids is 1. The van der Waals surface area contributed by atoms with E-state index in [1.807, 2.05) is 4.90 Å². The lowest BCUT2D eigenvalue weighted by atomic mass is 9.97. The van der Waals surface area contributed by atoms with Crippen LogP contribution in [0.4, 0.5) is 10.1 Å². The fraction of sp³-hybridized carbons (Fsp3) is 0.409. The quantitative estimate of drug-likeness (QED) is 0.572. The molecule has 2 aliphatic rings. The van der Waals surface area contributed by atoms with Crippen LogP contribution in [0.25, 0.3) is 11.0 Å². The summed E-state index contributed by atoms with van der Waals surface area (Å²) in [6, 6.07) is 11.1. The number of hydrogen-bond acceptors (Lipinski definition) is 7. The molecule has 174 valence electrons. The number of sulfonamides is 1. The summed E-state index contributed by atoms with van der Waals surface area (Å²) in [6.45, 7) is 2.88. The highest BCUT2D eigenvalue weighted by Gasteiger charge is 2.37. The van der Waals surface area contributed by atoms with Gasteiger partial charge in [0.05, 0.1) is 5.92 Å². The molecule has 3 heterocycles. The van der Waals surface area contributed by atoms with Crippen molar-refractivity contribution < 1.29 is 22.2 Å². The summed E-state index contributed by atoms with van der Waals surface area (Å²) in [6.07, 6.45) is 1.26. The normalized spacial score (nSPS) is 20.3. The average Bonchev–Trinajstić information content (AvgIpc) is 3.33. The minimum atomic E-state index is -3.84. The zero-order chi connectivity index (χ0) is 23.0. The Morgan fingerprint density at radius 2 is 1.76 bits per heavy atom.